The number of amides is 1. The first-order valence-electron chi connectivity index (χ1n) is 11.2. The van der Waals surface area contributed by atoms with Gasteiger partial charge in [-0.25, -0.2) is 13.1 Å². The molecule has 0 radical (unpaired) electrons. The van der Waals surface area contributed by atoms with Crippen molar-refractivity contribution in [2.75, 3.05) is 32.0 Å². The maximum atomic E-state index is 13.5. The average molecular weight is 572 g/mol. The summed E-state index contributed by atoms with van der Waals surface area (Å²) in [5.74, 6) is -1.79. The Balaban J connectivity index is 1.79. The number of anilines is 1. The Bertz CT molecular complexity index is 1460. The van der Waals surface area contributed by atoms with Crippen molar-refractivity contribution in [2.45, 2.75) is 19.3 Å². The predicted octanol–water partition coefficient (Wildman–Crippen LogP) is 2.31. The number of hydrogen-bond donors (Lipinski definition) is 2. The first kappa shape index (κ1) is 28.0. The van der Waals surface area contributed by atoms with Crippen LogP contribution >= 0.6 is 0 Å². The lowest BCUT2D eigenvalue weighted by Crippen LogP contribution is -2.56. The molecule has 0 aliphatic carbocycles. The monoisotopic (exact) mass is 571 g/mol. The van der Waals surface area contributed by atoms with Crippen LogP contribution in [0.5, 0.6) is 23.3 Å². The highest BCUT2D eigenvalue weighted by Gasteiger charge is 2.42. The van der Waals surface area contributed by atoms with Crippen LogP contribution in [-0.4, -0.2) is 73.7 Å². The van der Waals surface area contributed by atoms with E-state index < -0.39 is 40.3 Å². The third-order valence-corrected chi connectivity index (χ3v) is 6.94. The number of carbonyl (C=O) groups is 1. The van der Waals surface area contributed by atoms with Gasteiger partial charge in [0.05, 0.1) is 13.7 Å². The second-order valence-electron chi connectivity index (χ2n) is 8.31. The summed E-state index contributed by atoms with van der Waals surface area (Å²) in [6, 6.07) is 11.3. The Kier molecular flexibility index (Phi) is 7.63. The van der Waals surface area contributed by atoms with Crippen molar-refractivity contribution < 1.29 is 45.7 Å². The van der Waals surface area contributed by atoms with Gasteiger partial charge in [0.15, 0.2) is 11.5 Å². The summed E-state index contributed by atoms with van der Waals surface area (Å²) in [5, 5.41) is 10.7. The van der Waals surface area contributed by atoms with Gasteiger partial charge in [0.25, 0.3) is 5.91 Å². The van der Waals surface area contributed by atoms with Gasteiger partial charge >= 0.3 is 12.4 Å². The molecule has 1 aromatic heterocycles. The van der Waals surface area contributed by atoms with E-state index in [-0.39, 0.29) is 29.8 Å². The molecule has 1 atom stereocenters. The van der Waals surface area contributed by atoms with Gasteiger partial charge in [0, 0.05) is 13.1 Å². The van der Waals surface area contributed by atoms with Gasteiger partial charge in [0.2, 0.25) is 16.4 Å². The van der Waals surface area contributed by atoms with E-state index in [9.17, 15) is 31.5 Å². The lowest BCUT2D eigenvalue weighted by Gasteiger charge is -2.38. The minimum absolute atomic E-state index is 0.0112. The number of ether oxygens (including phenoxy) is 3. The van der Waals surface area contributed by atoms with Crippen LogP contribution in [0.4, 0.5) is 19.0 Å². The van der Waals surface area contributed by atoms with Crippen LogP contribution < -0.4 is 23.8 Å². The summed E-state index contributed by atoms with van der Waals surface area (Å²) in [7, 11) is 0.0919. The first-order chi connectivity index (χ1) is 18.3. The Morgan fingerprint density at radius 1 is 1.10 bits per heavy atom. The summed E-state index contributed by atoms with van der Waals surface area (Å²) < 4.78 is 80.9. The molecule has 1 amide bonds. The van der Waals surface area contributed by atoms with Gasteiger partial charge in [-0.05, 0) is 36.9 Å². The van der Waals surface area contributed by atoms with Gasteiger partial charge in [0.1, 0.15) is 23.1 Å². The molecule has 210 valence electrons. The highest BCUT2D eigenvalue weighted by atomic mass is 32.2. The number of aromatic nitrogens is 2. The first-order valence-corrected chi connectivity index (χ1v) is 12.9. The molecule has 0 fully saturated rings. The van der Waals surface area contributed by atoms with Crippen LogP contribution in [0.2, 0.25) is 0 Å². The Morgan fingerprint density at radius 3 is 2.38 bits per heavy atom. The number of aliphatic hydroxyl groups excluding tert-OH is 1. The van der Waals surface area contributed by atoms with Crippen LogP contribution in [0.15, 0.2) is 48.5 Å². The second kappa shape index (κ2) is 10.6. The SMILES string of the molecule is CNS(=O)(=O)CN1C(=O)c2c(nc(Oc3cccc(OC(F)(F)F)c3)n2Cc2ccc(OC)cc2)N(C)C1O. The van der Waals surface area contributed by atoms with Gasteiger partial charge in [-0.2, -0.15) is 4.98 Å². The predicted molar refractivity (Wildman–Crippen MR) is 131 cm³/mol. The molecule has 2 heterocycles. The molecule has 12 nitrogen and oxygen atoms in total. The molecule has 2 N–H and O–H groups in total. The second-order valence-corrected chi connectivity index (χ2v) is 10.2. The van der Waals surface area contributed by atoms with E-state index in [1.807, 2.05) is 0 Å². The zero-order chi connectivity index (χ0) is 28.5. The summed E-state index contributed by atoms with van der Waals surface area (Å²) in [6.07, 6.45) is -6.61. The van der Waals surface area contributed by atoms with Crippen molar-refractivity contribution >= 4 is 21.7 Å². The largest absolute Gasteiger partial charge is 0.573 e. The maximum absolute atomic E-state index is 13.5. The zero-order valence-corrected chi connectivity index (χ0v) is 21.7. The number of benzene rings is 2. The minimum Gasteiger partial charge on any atom is -0.497 e. The number of nitrogens with zero attached hydrogens (tertiary/aromatic N) is 4. The Hall–Kier alpha value is -4.02. The van der Waals surface area contributed by atoms with E-state index in [1.54, 1.807) is 24.3 Å². The van der Waals surface area contributed by atoms with Gasteiger partial charge in [-0.15, -0.1) is 13.2 Å². The summed E-state index contributed by atoms with van der Waals surface area (Å²) in [5.41, 5.74) is 0.550. The van der Waals surface area contributed by atoms with Crippen molar-refractivity contribution in [2.24, 2.45) is 0 Å². The number of aliphatic hydroxyl groups is 1. The standard InChI is InChI=1S/C23H24F3N5O7S/c1-27-39(34,35)13-31-20(32)18-19(29(2)22(31)33)28-21(30(18)12-14-7-9-15(36-3)10-8-14)37-16-5-4-6-17(11-16)38-23(24,25)26/h4-11,22,27,33H,12-13H2,1-3H3. The summed E-state index contributed by atoms with van der Waals surface area (Å²) >= 11 is 0. The molecular formula is C23H24F3N5O7S. The van der Waals surface area contributed by atoms with Crippen LogP contribution in [0.3, 0.4) is 0 Å². The Morgan fingerprint density at radius 2 is 1.77 bits per heavy atom. The molecule has 0 spiro atoms. The third kappa shape index (κ3) is 6.18. The molecule has 4 rings (SSSR count). The van der Waals surface area contributed by atoms with Crippen molar-refractivity contribution in [3.05, 3.63) is 59.8 Å². The molecule has 2 aromatic carbocycles. The fraction of sp³-hybridized carbons (Fsp3) is 0.304. The molecule has 16 heteroatoms. The molecule has 0 bridgehead atoms. The Labute approximate surface area is 221 Å². The number of alkyl halides is 3. The van der Waals surface area contributed by atoms with Gasteiger partial charge in [-0.3, -0.25) is 14.3 Å². The van der Waals surface area contributed by atoms with E-state index in [0.29, 0.717) is 11.3 Å². The quantitative estimate of drug-likeness (QED) is 0.397. The number of hydrogen-bond acceptors (Lipinski definition) is 9. The molecule has 0 saturated carbocycles. The minimum atomic E-state index is -4.92. The van der Waals surface area contributed by atoms with Crippen LogP contribution in [0.1, 0.15) is 16.1 Å². The average Bonchev–Trinajstić information content (AvgIpc) is 3.22. The number of imidazole rings is 1. The summed E-state index contributed by atoms with van der Waals surface area (Å²) in [4.78, 5) is 19.7. The fourth-order valence-corrected chi connectivity index (χ4v) is 4.53. The topological polar surface area (TPSA) is 135 Å². The van der Waals surface area contributed by atoms with E-state index in [0.717, 1.165) is 17.0 Å². The highest BCUT2D eigenvalue weighted by molar-refractivity contribution is 7.89. The van der Waals surface area contributed by atoms with Crippen molar-refractivity contribution in [1.29, 1.82) is 0 Å². The maximum Gasteiger partial charge on any atom is 0.573 e. The normalized spacial score (nSPS) is 15.8. The van der Waals surface area contributed by atoms with Gasteiger partial charge in [-0.1, -0.05) is 18.2 Å². The van der Waals surface area contributed by atoms with E-state index in [4.69, 9.17) is 9.47 Å². The molecular weight excluding hydrogens is 547 g/mol. The molecule has 1 aliphatic heterocycles. The lowest BCUT2D eigenvalue weighted by molar-refractivity contribution is -0.274. The fourth-order valence-electron chi connectivity index (χ4n) is 3.79. The zero-order valence-electron chi connectivity index (χ0n) is 20.8. The molecule has 0 saturated heterocycles. The van der Waals surface area contributed by atoms with Crippen LogP contribution in [0.25, 0.3) is 0 Å². The summed E-state index contributed by atoms with van der Waals surface area (Å²) in [6.45, 7) is -0.0112. The lowest BCUT2D eigenvalue weighted by atomic mass is 10.2. The number of fused-ring (bicyclic) bond motifs is 1. The number of rotatable bonds is 9. The molecule has 39 heavy (non-hydrogen) atoms. The van der Waals surface area contributed by atoms with Crippen molar-refractivity contribution in [3.63, 3.8) is 0 Å². The molecule has 1 aliphatic rings. The number of sulfonamides is 1. The molecule has 1 unspecified atom stereocenters. The number of nitrogens with one attached hydrogen (secondary N) is 1. The third-order valence-electron chi connectivity index (χ3n) is 5.70. The van der Waals surface area contributed by atoms with Gasteiger partial charge < -0.3 is 24.2 Å². The number of halogens is 3. The van der Waals surface area contributed by atoms with E-state index in [2.05, 4.69) is 14.4 Å². The smallest absolute Gasteiger partial charge is 0.497 e. The van der Waals surface area contributed by atoms with Crippen LogP contribution in [-0.2, 0) is 16.6 Å². The van der Waals surface area contributed by atoms with E-state index >= 15 is 0 Å². The molecule has 3 aromatic rings. The van der Waals surface area contributed by atoms with Crippen molar-refractivity contribution in [1.82, 2.24) is 19.2 Å². The van der Waals surface area contributed by atoms with Crippen molar-refractivity contribution in [3.8, 4) is 23.3 Å². The number of methoxy groups -OCH3 is 1. The number of carbonyl (C=O) groups excluding carboxylic acids is 1. The van der Waals surface area contributed by atoms with E-state index in [1.165, 1.54) is 42.8 Å². The van der Waals surface area contributed by atoms with Crippen LogP contribution in [0, 0.1) is 0 Å². The highest BCUT2D eigenvalue weighted by Crippen LogP contribution is 2.36.